The number of amides is 1. The van der Waals surface area contributed by atoms with E-state index < -0.39 is 22.5 Å². The number of sulfonamides is 1. The lowest BCUT2D eigenvalue weighted by Crippen LogP contribution is -2.40. The fourth-order valence-electron chi connectivity index (χ4n) is 3.29. The molecule has 0 aromatic heterocycles. The molecule has 8 heteroatoms. The maximum atomic E-state index is 13.5. The third kappa shape index (κ3) is 5.67. The van der Waals surface area contributed by atoms with Crippen LogP contribution in [0.4, 0.5) is 5.69 Å². The number of hydrogen-bond acceptors (Lipinski definition) is 5. The fourth-order valence-corrected chi connectivity index (χ4v) is 4.82. The summed E-state index contributed by atoms with van der Waals surface area (Å²) in [5.74, 6) is 0.530. The molecule has 0 spiro atoms. The number of anilines is 1. The molecule has 0 atom stereocenters. The van der Waals surface area contributed by atoms with Gasteiger partial charge in [-0.3, -0.25) is 4.79 Å². The summed E-state index contributed by atoms with van der Waals surface area (Å²) in [5.41, 5.74) is 2.08. The molecule has 3 aromatic rings. The van der Waals surface area contributed by atoms with Gasteiger partial charge in [0.05, 0.1) is 17.7 Å². The van der Waals surface area contributed by atoms with E-state index in [0.717, 1.165) is 15.4 Å². The zero-order valence-corrected chi connectivity index (χ0v) is 20.5. The second-order valence-electron chi connectivity index (χ2n) is 7.80. The number of hydrogen-bond donors (Lipinski definition) is 0. The van der Waals surface area contributed by atoms with Crippen molar-refractivity contribution in [1.29, 1.82) is 0 Å². The minimum atomic E-state index is -4.22. The van der Waals surface area contributed by atoms with Gasteiger partial charge in [-0.15, -0.1) is 0 Å². The summed E-state index contributed by atoms with van der Waals surface area (Å²) in [6, 6.07) is 17.6. The fraction of sp³-hybridized carbons (Fsp3) is 0.240. The van der Waals surface area contributed by atoms with Crippen LogP contribution in [0, 0.1) is 6.92 Å². The smallest absolute Gasteiger partial charge is 0.278 e. The summed E-state index contributed by atoms with van der Waals surface area (Å²) in [6.07, 6.45) is 0. The van der Waals surface area contributed by atoms with Crippen molar-refractivity contribution in [3.05, 3.63) is 82.9 Å². The summed E-state index contributed by atoms with van der Waals surface area (Å²) in [7, 11) is -2.72. The molecule has 0 unspecified atom stereocenters. The molecule has 0 fully saturated rings. The number of ether oxygens (including phenoxy) is 2. The van der Waals surface area contributed by atoms with Crippen molar-refractivity contribution in [2.45, 2.75) is 31.6 Å². The maximum Gasteiger partial charge on any atom is 0.278 e. The van der Waals surface area contributed by atoms with Gasteiger partial charge in [0, 0.05) is 5.02 Å². The second-order valence-corrected chi connectivity index (χ2v) is 10.0. The van der Waals surface area contributed by atoms with Gasteiger partial charge in [-0.25, -0.2) is 8.42 Å². The maximum absolute atomic E-state index is 13.5. The molecule has 1 amide bonds. The van der Waals surface area contributed by atoms with Gasteiger partial charge < -0.3 is 9.47 Å². The Labute approximate surface area is 199 Å². The standard InChI is InChI=1S/C25H26ClNO5S/c1-17(2)23-14-5-18(3)15-24(23)32-16-25(28)27(20-8-10-21(31-4)11-9-20)33(29,30)22-12-6-19(26)7-13-22/h5-15,17H,16H2,1-4H3. The van der Waals surface area contributed by atoms with E-state index >= 15 is 0 Å². The highest BCUT2D eigenvalue weighted by Gasteiger charge is 2.31. The normalized spacial score (nSPS) is 11.3. The summed E-state index contributed by atoms with van der Waals surface area (Å²) >= 11 is 5.92. The van der Waals surface area contributed by atoms with E-state index in [1.165, 1.54) is 43.5 Å². The van der Waals surface area contributed by atoms with Crippen LogP contribution in [0.1, 0.15) is 30.9 Å². The third-order valence-corrected chi connectivity index (χ3v) is 7.04. The van der Waals surface area contributed by atoms with Crippen LogP contribution in [0.25, 0.3) is 0 Å². The zero-order valence-electron chi connectivity index (χ0n) is 18.9. The van der Waals surface area contributed by atoms with E-state index in [2.05, 4.69) is 0 Å². The highest BCUT2D eigenvalue weighted by Crippen LogP contribution is 2.29. The molecule has 3 rings (SSSR count). The van der Waals surface area contributed by atoms with Crippen molar-refractivity contribution in [2.75, 3.05) is 18.0 Å². The number of methoxy groups -OCH3 is 1. The van der Waals surface area contributed by atoms with Gasteiger partial charge in [-0.05, 0) is 78.6 Å². The van der Waals surface area contributed by atoms with Crippen molar-refractivity contribution in [2.24, 2.45) is 0 Å². The molecule has 0 aliphatic rings. The third-order valence-electron chi connectivity index (χ3n) is 5.03. The monoisotopic (exact) mass is 487 g/mol. The first-order valence-corrected chi connectivity index (χ1v) is 12.2. The first-order chi connectivity index (χ1) is 15.6. The topological polar surface area (TPSA) is 72.9 Å². The van der Waals surface area contributed by atoms with Crippen LogP contribution in [0.2, 0.25) is 5.02 Å². The molecule has 33 heavy (non-hydrogen) atoms. The number of aryl methyl sites for hydroxylation is 1. The van der Waals surface area contributed by atoms with Crippen molar-refractivity contribution >= 4 is 33.2 Å². The first-order valence-electron chi connectivity index (χ1n) is 10.3. The SMILES string of the molecule is COc1ccc(N(C(=O)COc2cc(C)ccc2C(C)C)S(=O)(=O)c2ccc(Cl)cc2)cc1. The molecule has 0 bridgehead atoms. The van der Waals surface area contributed by atoms with Crippen LogP contribution < -0.4 is 13.8 Å². The minimum absolute atomic E-state index is 0.0607. The van der Waals surface area contributed by atoms with E-state index in [0.29, 0.717) is 16.5 Å². The number of halogens is 1. The molecular formula is C25H26ClNO5S. The Morgan fingerprint density at radius 2 is 1.64 bits per heavy atom. The van der Waals surface area contributed by atoms with Crippen LogP contribution in [0.15, 0.2) is 71.6 Å². The van der Waals surface area contributed by atoms with Gasteiger partial charge in [-0.2, -0.15) is 4.31 Å². The van der Waals surface area contributed by atoms with Crippen LogP contribution in [0.3, 0.4) is 0 Å². The van der Waals surface area contributed by atoms with E-state index in [1.54, 1.807) is 12.1 Å². The quantitative estimate of drug-likeness (QED) is 0.414. The molecule has 0 N–H and O–H groups in total. The van der Waals surface area contributed by atoms with Crippen molar-refractivity contribution in [3.8, 4) is 11.5 Å². The number of benzene rings is 3. The number of carbonyl (C=O) groups is 1. The average Bonchev–Trinajstić information content (AvgIpc) is 2.78. The van der Waals surface area contributed by atoms with E-state index in [-0.39, 0.29) is 16.5 Å². The van der Waals surface area contributed by atoms with Gasteiger partial charge in [0.25, 0.3) is 15.9 Å². The summed E-state index contributed by atoms with van der Waals surface area (Å²) in [5, 5.41) is 0.389. The van der Waals surface area contributed by atoms with Crippen molar-refractivity contribution in [1.82, 2.24) is 0 Å². The summed E-state index contributed by atoms with van der Waals surface area (Å²) in [4.78, 5) is 13.2. The molecule has 6 nitrogen and oxygen atoms in total. The van der Waals surface area contributed by atoms with Crippen molar-refractivity contribution in [3.63, 3.8) is 0 Å². The molecule has 0 radical (unpaired) electrons. The first kappa shape index (κ1) is 24.6. The lowest BCUT2D eigenvalue weighted by atomic mass is 10.0. The van der Waals surface area contributed by atoms with Crippen LogP contribution in [-0.4, -0.2) is 28.0 Å². The average molecular weight is 488 g/mol. The number of carbonyl (C=O) groups excluding carboxylic acids is 1. The molecule has 174 valence electrons. The van der Waals surface area contributed by atoms with E-state index in [9.17, 15) is 13.2 Å². The number of nitrogens with zero attached hydrogens (tertiary/aromatic N) is 1. The van der Waals surface area contributed by atoms with Crippen LogP contribution in [-0.2, 0) is 14.8 Å². The lowest BCUT2D eigenvalue weighted by molar-refractivity contribution is -0.119. The predicted molar refractivity (Wildman–Crippen MR) is 130 cm³/mol. The molecule has 0 heterocycles. The van der Waals surface area contributed by atoms with Gasteiger partial charge >= 0.3 is 0 Å². The molecule has 0 aliphatic carbocycles. The van der Waals surface area contributed by atoms with Gasteiger partial charge in [0.15, 0.2) is 6.61 Å². The highest BCUT2D eigenvalue weighted by molar-refractivity contribution is 7.93. The van der Waals surface area contributed by atoms with E-state index in [1.807, 2.05) is 39.0 Å². The minimum Gasteiger partial charge on any atom is -0.497 e. The molecule has 0 saturated carbocycles. The van der Waals surface area contributed by atoms with Crippen LogP contribution in [0.5, 0.6) is 11.5 Å². The van der Waals surface area contributed by atoms with Gasteiger partial charge in [0.2, 0.25) is 0 Å². The van der Waals surface area contributed by atoms with Crippen LogP contribution >= 0.6 is 11.6 Å². The largest absolute Gasteiger partial charge is 0.497 e. The Bertz CT molecular complexity index is 1220. The molecule has 0 saturated heterocycles. The number of rotatable bonds is 8. The lowest BCUT2D eigenvalue weighted by Gasteiger charge is -2.23. The Morgan fingerprint density at radius 3 is 2.21 bits per heavy atom. The highest BCUT2D eigenvalue weighted by atomic mass is 35.5. The Balaban J connectivity index is 1.98. The Kier molecular flexibility index (Phi) is 7.66. The molecule has 0 aliphatic heterocycles. The zero-order chi connectivity index (χ0) is 24.2. The van der Waals surface area contributed by atoms with E-state index in [4.69, 9.17) is 21.1 Å². The van der Waals surface area contributed by atoms with Gasteiger partial charge in [-0.1, -0.05) is 37.6 Å². The Hall–Kier alpha value is -3.03. The predicted octanol–water partition coefficient (Wildman–Crippen LogP) is 5.58. The Morgan fingerprint density at radius 1 is 1.00 bits per heavy atom. The summed E-state index contributed by atoms with van der Waals surface area (Å²) < 4.78 is 38.7. The van der Waals surface area contributed by atoms with Gasteiger partial charge in [0.1, 0.15) is 11.5 Å². The molecular weight excluding hydrogens is 462 g/mol. The summed E-state index contributed by atoms with van der Waals surface area (Å²) in [6.45, 7) is 5.51. The molecule has 3 aromatic carbocycles. The second kappa shape index (κ2) is 10.3. The van der Waals surface area contributed by atoms with Crippen molar-refractivity contribution < 1.29 is 22.7 Å².